The highest BCUT2D eigenvalue weighted by Crippen LogP contribution is 2.16. The van der Waals surface area contributed by atoms with Crippen LogP contribution in [0, 0.1) is 0 Å². The van der Waals surface area contributed by atoms with Gasteiger partial charge in [-0.25, -0.2) is 0 Å². The molecule has 4 nitrogen and oxygen atoms in total. The maximum absolute atomic E-state index is 6.30. The lowest BCUT2D eigenvalue weighted by Gasteiger charge is -2.19. The Hall–Kier alpha value is 0.0569. The summed E-state index contributed by atoms with van der Waals surface area (Å²) < 4.78 is 18.3. The molecule has 5 heteroatoms. The standard InChI is InChI=1S/C41H85NO3Si/c1-3-5-7-9-11-13-19-23-27-31-37-43-41(44-38-32-28-24-20-14-12-10-8-6-4-2)35-30-26-22-18-16-15-17-21-25-29-33-39-45-46-40-34-36-42/h41H,3-40,42H2,1-2H3. The molecule has 0 saturated carbocycles. The molecule has 46 heavy (non-hydrogen) atoms. The Morgan fingerprint density at radius 1 is 0.391 bits per heavy atom. The van der Waals surface area contributed by atoms with Gasteiger partial charge in [0.25, 0.3) is 0 Å². The van der Waals surface area contributed by atoms with E-state index in [1.807, 2.05) is 0 Å². The zero-order valence-corrected chi connectivity index (χ0v) is 32.7. The van der Waals surface area contributed by atoms with E-state index in [4.69, 9.17) is 19.6 Å². The molecule has 0 bridgehead atoms. The number of hydrogen-bond acceptors (Lipinski definition) is 4. The molecule has 0 aromatic rings. The quantitative estimate of drug-likeness (QED) is 0.0400. The molecule has 0 amide bonds. The van der Waals surface area contributed by atoms with Gasteiger partial charge in [0.05, 0.1) is 0 Å². The third-order valence-corrected chi connectivity index (χ3v) is 10.3. The second-order valence-corrected chi connectivity index (χ2v) is 15.2. The van der Waals surface area contributed by atoms with Crippen LogP contribution in [0.3, 0.4) is 0 Å². The molecule has 0 atom stereocenters. The zero-order valence-electron chi connectivity index (χ0n) is 31.7. The minimum Gasteiger partial charge on any atom is -0.417 e. The molecule has 0 aromatic heterocycles. The first-order chi connectivity index (χ1) is 22.8. The number of ether oxygens (including phenoxy) is 2. The summed E-state index contributed by atoms with van der Waals surface area (Å²) in [4.78, 5) is 0. The smallest absolute Gasteiger partial charge is 0.229 e. The molecule has 0 heterocycles. The van der Waals surface area contributed by atoms with Crippen molar-refractivity contribution in [3.05, 3.63) is 0 Å². The lowest BCUT2D eigenvalue weighted by Crippen LogP contribution is -2.19. The molecular weight excluding hydrogens is 583 g/mol. The number of rotatable bonds is 42. The lowest BCUT2D eigenvalue weighted by molar-refractivity contribution is -0.148. The highest BCUT2D eigenvalue weighted by Gasteiger charge is 2.09. The van der Waals surface area contributed by atoms with Crippen molar-refractivity contribution in [3.63, 3.8) is 0 Å². The summed E-state index contributed by atoms with van der Waals surface area (Å²) in [6.07, 6.45) is 44.5. The topological polar surface area (TPSA) is 53.7 Å². The molecule has 0 saturated heterocycles. The van der Waals surface area contributed by atoms with E-state index in [9.17, 15) is 0 Å². The van der Waals surface area contributed by atoms with E-state index in [1.165, 1.54) is 199 Å². The first kappa shape index (κ1) is 46.1. The van der Waals surface area contributed by atoms with Gasteiger partial charge in [0.2, 0.25) is 9.76 Å². The van der Waals surface area contributed by atoms with E-state index < -0.39 is 0 Å². The van der Waals surface area contributed by atoms with E-state index in [0.29, 0.717) is 9.76 Å². The van der Waals surface area contributed by atoms with Gasteiger partial charge < -0.3 is 19.6 Å². The van der Waals surface area contributed by atoms with Crippen LogP contribution in [-0.4, -0.2) is 42.4 Å². The van der Waals surface area contributed by atoms with E-state index in [2.05, 4.69) is 13.8 Å². The predicted octanol–water partition coefficient (Wildman–Crippen LogP) is 13.3. The van der Waals surface area contributed by atoms with Gasteiger partial charge in [-0.2, -0.15) is 0 Å². The van der Waals surface area contributed by atoms with Crippen LogP contribution in [0.2, 0.25) is 6.04 Å². The maximum Gasteiger partial charge on any atom is 0.229 e. The SMILES string of the molecule is CCCCCCCCCCCCOC(CCCCCCCCCCCCCO[Si]CCCN)OCCCCCCCCCCCC. The predicted molar refractivity (Wildman–Crippen MR) is 205 cm³/mol. The zero-order chi connectivity index (χ0) is 33.3. The van der Waals surface area contributed by atoms with Crippen molar-refractivity contribution >= 4 is 9.76 Å². The van der Waals surface area contributed by atoms with E-state index in [-0.39, 0.29) is 6.29 Å². The summed E-state index contributed by atoms with van der Waals surface area (Å²) in [6, 6.07) is 1.14. The Bertz CT molecular complexity index is 498. The summed E-state index contributed by atoms with van der Waals surface area (Å²) in [7, 11) is 0.652. The Balaban J connectivity index is 3.86. The summed E-state index contributed by atoms with van der Waals surface area (Å²) in [6.45, 7) is 8.08. The van der Waals surface area contributed by atoms with Crippen molar-refractivity contribution in [2.75, 3.05) is 26.4 Å². The molecule has 0 fully saturated rings. The van der Waals surface area contributed by atoms with Crippen molar-refractivity contribution < 1.29 is 13.9 Å². The Kier molecular flexibility index (Phi) is 43.1. The first-order valence-corrected chi connectivity index (χ1v) is 22.2. The average molecular weight is 668 g/mol. The van der Waals surface area contributed by atoms with Crippen molar-refractivity contribution in [1.29, 1.82) is 0 Å². The minimum absolute atomic E-state index is 0.0222. The molecule has 276 valence electrons. The molecule has 0 unspecified atom stereocenters. The second kappa shape index (κ2) is 43.1. The maximum atomic E-state index is 6.30. The summed E-state index contributed by atoms with van der Waals surface area (Å²) in [5.41, 5.74) is 5.52. The minimum atomic E-state index is 0.0222. The van der Waals surface area contributed by atoms with Crippen LogP contribution < -0.4 is 5.73 Å². The van der Waals surface area contributed by atoms with Crippen LogP contribution >= 0.6 is 0 Å². The first-order valence-electron chi connectivity index (χ1n) is 21.1. The highest BCUT2D eigenvalue weighted by atomic mass is 28.2. The van der Waals surface area contributed by atoms with E-state index in [1.54, 1.807) is 0 Å². The Labute approximate surface area is 293 Å². The van der Waals surface area contributed by atoms with Crippen LogP contribution in [0.1, 0.15) is 226 Å². The molecule has 0 rings (SSSR count). The molecule has 2 radical (unpaired) electrons. The van der Waals surface area contributed by atoms with Gasteiger partial charge in [0.1, 0.15) is 0 Å². The normalized spacial score (nSPS) is 11.7. The summed E-state index contributed by atoms with van der Waals surface area (Å²) in [5, 5.41) is 0. The fourth-order valence-electron chi connectivity index (χ4n) is 6.22. The average Bonchev–Trinajstić information content (AvgIpc) is 3.07. The third-order valence-electron chi connectivity index (χ3n) is 9.37. The largest absolute Gasteiger partial charge is 0.417 e. The molecule has 2 N–H and O–H groups in total. The van der Waals surface area contributed by atoms with Crippen molar-refractivity contribution in [2.45, 2.75) is 238 Å². The van der Waals surface area contributed by atoms with Gasteiger partial charge in [0, 0.05) is 19.8 Å². The highest BCUT2D eigenvalue weighted by molar-refractivity contribution is 6.26. The fraction of sp³-hybridized carbons (Fsp3) is 1.00. The van der Waals surface area contributed by atoms with Gasteiger partial charge in [-0.15, -0.1) is 0 Å². The molecule has 0 aliphatic carbocycles. The monoisotopic (exact) mass is 668 g/mol. The van der Waals surface area contributed by atoms with E-state index in [0.717, 1.165) is 45.3 Å². The third kappa shape index (κ3) is 40.2. The van der Waals surface area contributed by atoms with Gasteiger partial charge in [0.15, 0.2) is 6.29 Å². The van der Waals surface area contributed by atoms with Gasteiger partial charge in [-0.3, -0.25) is 0 Å². The number of nitrogens with two attached hydrogens (primary N) is 1. The van der Waals surface area contributed by atoms with Gasteiger partial charge in [-0.1, -0.05) is 187 Å². The summed E-state index contributed by atoms with van der Waals surface area (Å²) >= 11 is 0. The van der Waals surface area contributed by atoms with Crippen LogP contribution in [0.15, 0.2) is 0 Å². The molecule has 0 aliphatic rings. The van der Waals surface area contributed by atoms with E-state index >= 15 is 0 Å². The number of hydrogen-bond donors (Lipinski definition) is 1. The summed E-state index contributed by atoms with van der Waals surface area (Å²) in [5.74, 6) is 0. The second-order valence-electron chi connectivity index (χ2n) is 14.1. The molecule has 0 spiro atoms. The molecular formula is C41H85NO3Si. The molecule has 0 aliphatic heterocycles. The van der Waals surface area contributed by atoms with Crippen molar-refractivity contribution in [3.8, 4) is 0 Å². The van der Waals surface area contributed by atoms with Crippen LogP contribution in [0.25, 0.3) is 0 Å². The molecule has 0 aromatic carbocycles. The van der Waals surface area contributed by atoms with Crippen molar-refractivity contribution in [2.24, 2.45) is 5.73 Å². The lowest BCUT2D eigenvalue weighted by atomic mass is 10.1. The van der Waals surface area contributed by atoms with Crippen LogP contribution in [0.4, 0.5) is 0 Å². The Morgan fingerprint density at radius 2 is 0.717 bits per heavy atom. The van der Waals surface area contributed by atoms with Gasteiger partial charge >= 0.3 is 0 Å². The van der Waals surface area contributed by atoms with Crippen molar-refractivity contribution in [1.82, 2.24) is 0 Å². The number of unbranched alkanes of at least 4 members (excludes halogenated alkanes) is 28. The Morgan fingerprint density at radius 3 is 1.09 bits per heavy atom. The van der Waals surface area contributed by atoms with Crippen LogP contribution in [-0.2, 0) is 13.9 Å². The van der Waals surface area contributed by atoms with Crippen LogP contribution in [0.5, 0.6) is 0 Å². The van der Waals surface area contributed by atoms with Gasteiger partial charge in [-0.05, 0) is 51.1 Å². The fourth-order valence-corrected chi connectivity index (χ4v) is 7.00.